The first-order chi connectivity index (χ1) is 7.13. The summed E-state index contributed by atoms with van der Waals surface area (Å²) in [4.78, 5) is 10.7. The molecule has 0 fully saturated rings. The van der Waals surface area contributed by atoms with Gasteiger partial charge in [0.05, 0.1) is 22.8 Å². The number of carbonyl (C=O) groups excluding carboxylic acids is 1. The van der Waals surface area contributed by atoms with Crippen LogP contribution in [0.5, 0.6) is 0 Å². The first-order valence-corrected chi connectivity index (χ1v) is 4.86. The Balaban J connectivity index is 2.65. The van der Waals surface area contributed by atoms with E-state index in [-0.39, 0.29) is 12.5 Å². The number of hydrogen-bond acceptors (Lipinski definition) is 3. The highest BCUT2D eigenvalue weighted by molar-refractivity contribution is 6.42. The van der Waals surface area contributed by atoms with Gasteiger partial charge in [0.1, 0.15) is 0 Å². The van der Waals surface area contributed by atoms with Crippen molar-refractivity contribution in [2.24, 2.45) is 10.8 Å². The Bertz CT molecular complexity index is 393. The molecule has 0 saturated carbocycles. The summed E-state index contributed by atoms with van der Waals surface area (Å²) in [5.74, 6) is -0.355. The Kier molecular flexibility index (Phi) is 4.55. The lowest BCUT2D eigenvalue weighted by atomic mass is 10.2. The van der Waals surface area contributed by atoms with E-state index in [4.69, 9.17) is 28.9 Å². The maximum absolute atomic E-state index is 10.7. The minimum atomic E-state index is -0.355. The third-order valence-corrected chi connectivity index (χ3v) is 2.27. The highest BCUT2D eigenvalue weighted by Crippen LogP contribution is 2.21. The smallest absolute Gasteiger partial charge is 0.253 e. The summed E-state index contributed by atoms with van der Waals surface area (Å²) >= 11 is 11.5. The second-order valence-electron chi connectivity index (χ2n) is 2.67. The fourth-order valence-corrected chi connectivity index (χ4v) is 1.12. The minimum absolute atomic E-state index is 0.0985. The van der Waals surface area contributed by atoms with Crippen molar-refractivity contribution >= 4 is 35.3 Å². The third-order valence-electron chi connectivity index (χ3n) is 1.53. The minimum Gasteiger partial charge on any atom is -0.322 e. The predicted octanol–water partition coefficient (Wildman–Crippen LogP) is 1.40. The van der Waals surface area contributed by atoms with Gasteiger partial charge in [-0.1, -0.05) is 29.3 Å². The molecule has 1 aromatic rings. The first-order valence-electron chi connectivity index (χ1n) is 4.10. The highest BCUT2D eigenvalue weighted by Gasteiger charge is 1.97. The number of halogens is 2. The van der Waals surface area contributed by atoms with Gasteiger partial charge in [-0.25, -0.2) is 5.43 Å². The molecule has 0 aliphatic heterocycles. The molecule has 0 aliphatic carbocycles. The van der Waals surface area contributed by atoms with E-state index in [1.54, 1.807) is 18.2 Å². The molecule has 1 aromatic carbocycles. The summed E-state index contributed by atoms with van der Waals surface area (Å²) in [5, 5.41) is 4.58. The van der Waals surface area contributed by atoms with Gasteiger partial charge in [0.15, 0.2) is 0 Å². The number of rotatable bonds is 3. The maximum Gasteiger partial charge on any atom is 0.253 e. The van der Waals surface area contributed by atoms with Crippen molar-refractivity contribution in [1.82, 2.24) is 5.43 Å². The molecule has 0 bridgehead atoms. The van der Waals surface area contributed by atoms with Crippen molar-refractivity contribution in [3.63, 3.8) is 0 Å². The molecule has 1 rings (SSSR count). The van der Waals surface area contributed by atoms with Crippen LogP contribution in [-0.2, 0) is 4.79 Å². The number of hydrogen-bond donors (Lipinski definition) is 2. The molecule has 0 spiro atoms. The van der Waals surface area contributed by atoms with E-state index in [1.165, 1.54) is 6.21 Å². The van der Waals surface area contributed by atoms with Crippen molar-refractivity contribution in [3.8, 4) is 0 Å². The van der Waals surface area contributed by atoms with Crippen molar-refractivity contribution in [1.29, 1.82) is 0 Å². The summed E-state index contributed by atoms with van der Waals surface area (Å²) < 4.78 is 0. The van der Waals surface area contributed by atoms with Crippen LogP contribution in [0.25, 0.3) is 0 Å². The number of nitrogens with one attached hydrogen (secondary N) is 1. The molecular formula is C9H9Cl2N3O. The van der Waals surface area contributed by atoms with Gasteiger partial charge >= 0.3 is 0 Å². The van der Waals surface area contributed by atoms with Crippen molar-refractivity contribution in [2.45, 2.75) is 0 Å². The SMILES string of the molecule is NCC(=O)N/N=C/c1ccc(Cl)c(Cl)c1. The predicted molar refractivity (Wildman–Crippen MR) is 61.3 cm³/mol. The van der Waals surface area contributed by atoms with Crippen LogP contribution in [0.2, 0.25) is 10.0 Å². The first kappa shape index (κ1) is 12.0. The Morgan fingerprint density at radius 3 is 2.80 bits per heavy atom. The molecule has 4 nitrogen and oxygen atoms in total. The van der Waals surface area contributed by atoms with Gasteiger partial charge in [-0.15, -0.1) is 0 Å². The second kappa shape index (κ2) is 5.70. The van der Waals surface area contributed by atoms with Crippen LogP contribution >= 0.6 is 23.2 Å². The van der Waals surface area contributed by atoms with Crippen molar-refractivity contribution < 1.29 is 4.79 Å². The molecule has 0 heterocycles. The van der Waals surface area contributed by atoms with E-state index in [0.717, 1.165) is 5.56 Å². The fourth-order valence-electron chi connectivity index (χ4n) is 0.817. The molecule has 0 aromatic heterocycles. The van der Waals surface area contributed by atoms with Gasteiger partial charge in [0.2, 0.25) is 0 Å². The van der Waals surface area contributed by atoms with Crippen LogP contribution in [0.1, 0.15) is 5.56 Å². The molecule has 0 radical (unpaired) electrons. The summed E-state index contributed by atoms with van der Waals surface area (Å²) in [7, 11) is 0. The Morgan fingerprint density at radius 2 is 2.20 bits per heavy atom. The number of carbonyl (C=O) groups is 1. The Labute approximate surface area is 97.0 Å². The van der Waals surface area contributed by atoms with Gasteiger partial charge in [-0.3, -0.25) is 4.79 Å². The standard InChI is InChI=1S/C9H9Cl2N3O/c10-7-2-1-6(3-8(7)11)5-13-14-9(15)4-12/h1-3,5H,4,12H2,(H,14,15)/b13-5+. The van der Waals surface area contributed by atoms with Gasteiger partial charge in [0, 0.05) is 0 Å². The van der Waals surface area contributed by atoms with Gasteiger partial charge < -0.3 is 5.73 Å². The number of nitrogens with zero attached hydrogens (tertiary/aromatic N) is 1. The normalized spacial score (nSPS) is 10.6. The van der Waals surface area contributed by atoms with Gasteiger partial charge in [-0.2, -0.15) is 5.10 Å². The molecule has 0 saturated heterocycles. The maximum atomic E-state index is 10.7. The van der Waals surface area contributed by atoms with Gasteiger partial charge in [-0.05, 0) is 17.7 Å². The van der Waals surface area contributed by atoms with Crippen LogP contribution in [0, 0.1) is 0 Å². The van der Waals surface area contributed by atoms with Crippen LogP contribution in [0.3, 0.4) is 0 Å². The van der Waals surface area contributed by atoms with Crippen LogP contribution in [0.4, 0.5) is 0 Å². The Morgan fingerprint density at radius 1 is 1.47 bits per heavy atom. The van der Waals surface area contributed by atoms with Crippen molar-refractivity contribution in [2.75, 3.05) is 6.54 Å². The van der Waals surface area contributed by atoms with Crippen LogP contribution in [-0.4, -0.2) is 18.7 Å². The monoisotopic (exact) mass is 245 g/mol. The number of amides is 1. The quantitative estimate of drug-likeness (QED) is 0.625. The average Bonchev–Trinajstić information content (AvgIpc) is 2.23. The lowest BCUT2D eigenvalue weighted by Crippen LogP contribution is -2.26. The molecule has 1 amide bonds. The van der Waals surface area contributed by atoms with E-state index >= 15 is 0 Å². The zero-order chi connectivity index (χ0) is 11.3. The largest absolute Gasteiger partial charge is 0.322 e. The molecular weight excluding hydrogens is 237 g/mol. The molecule has 6 heteroatoms. The van der Waals surface area contributed by atoms with E-state index in [9.17, 15) is 4.79 Å². The van der Waals surface area contributed by atoms with Crippen LogP contribution < -0.4 is 11.2 Å². The molecule has 0 aliphatic rings. The lowest BCUT2D eigenvalue weighted by molar-refractivity contribution is -0.119. The van der Waals surface area contributed by atoms with Crippen molar-refractivity contribution in [3.05, 3.63) is 33.8 Å². The average molecular weight is 246 g/mol. The molecule has 80 valence electrons. The summed E-state index contributed by atoms with van der Waals surface area (Å²) in [6.07, 6.45) is 1.45. The molecule has 0 atom stereocenters. The second-order valence-corrected chi connectivity index (χ2v) is 3.49. The zero-order valence-electron chi connectivity index (χ0n) is 7.71. The number of benzene rings is 1. The summed E-state index contributed by atoms with van der Waals surface area (Å²) in [6, 6.07) is 5.02. The topological polar surface area (TPSA) is 67.5 Å². The summed E-state index contributed by atoms with van der Waals surface area (Å²) in [5.41, 5.74) is 8.05. The van der Waals surface area contributed by atoms with E-state index in [0.29, 0.717) is 10.0 Å². The Hall–Kier alpha value is -1.10. The highest BCUT2D eigenvalue weighted by atomic mass is 35.5. The number of nitrogens with two attached hydrogens (primary N) is 1. The molecule has 0 unspecified atom stereocenters. The van der Waals surface area contributed by atoms with E-state index in [1.807, 2.05) is 0 Å². The fraction of sp³-hybridized carbons (Fsp3) is 0.111. The van der Waals surface area contributed by atoms with Gasteiger partial charge in [0.25, 0.3) is 5.91 Å². The molecule has 15 heavy (non-hydrogen) atoms. The zero-order valence-corrected chi connectivity index (χ0v) is 9.22. The van der Waals surface area contributed by atoms with Crippen LogP contribution in [0.15, 0.2) is 23.3 Å². The number of hydrazone groups is 1. The molecule has 3 N–H and O–H groups in total. The third kappa shape index (κ3) is 3.87. The van der Waals surface area contributed by atoms with E-state index < -0.39 is 0 Å². The lowest BCUT2D eigenvalue weighted by Gasteiger charge is -1.97. The van der Waals surface area contributed by atoms with E-state index in [2.05, 4.69) is 10.5 Å². The summed E-state index contributed by atoms with van der Waals surface area (Å²) in [6.45, 7) is -0.0985.